The number of fused-ring (bicyclic) bond motifs is 1. The van der Waals surface area contributed by atoms with E-state index in [4.69, 9.17) is 16.3 Å². The monoisotopic (exact) mass is 514 g/mol. The first-order valence-electron chi connectivity index (χ1n) is 11.4. The van der Waals surface area contributed by atoms with Gasteiger partial charge >= 0.3 is 6.03 Å². The van der Waals surface area contributed by atoms with E-state index in [1.807, 2.05) is 0 Å². The number of carbonyl (C=O) groups excluding carboxylic acids is 2. The van der Waals surface area contributed by atoms with Crippen LogP contribution in [0, 0.1) is 5.82 Å². The minimum absolute atomic E-state index is 0.0754. The molecule has 5 rings (SSSR count). The van der Waals surface area contributed by atoms with E-state index in [1.165, 1.54) is 30.5 Å². The summed E-state index contributed by atoms with van der Waals surface area (Å²) in [6.45, 7) is 5.83. The van der Waals surface area contributed by atoms with Gasteiger partial charge in [0.05, 0.1) is 25.1 Å². The van der Waals surface area contributed by atoms with Crippen molar-refractivity contribution in [1.29, 1.82) is 0 Å². The third kappa shape index (κ3) is 5.10. The van der Waals surface area contributed by atoms with E-state index in [9.17, 15) is 14.0 Å². The molecule has 2 aromatic heterocycles. The molecule has 11 nitrogen and oxygen atoms in total. The average molecular weight is 515 g/mol. The van der Waals surface area contributed by atoms with Gasteiger partial charge in [-0.3, -0.25) is 15.0 Å². The quantitative estimate of drug-likeness (QED) is 0.280. The second-order valence-electron chi connectivity index (χ2n) is 8.46. The molecular formula is C23H24ClFN8O3. The van der Waals surface area contributed by atoms with Crippen molar-refractivity contribution in [2.75, 3.05) is 43.5 Å². The minimum Gasteiger partial charge on any atom is -0.379 e. The Bertz CT molecular complexity index is 1350. The van der Waals surface area contributed by atoms with E-state index in [0.717, 1.165) is 13.1 Å². The highest BCUT2D eigenvalue weighted by Gasteiger charge is 2.24. The zero-order valence-electron chi connectivity index (χ0n) is 19.3. The number of morpholine rings is 1. The van der Waals surface area contributed by atoms with Crippen LogP contribution in [0.5, 0.6) is 0 Å². The molecule has 36 heavy (non-hydrogen) atoms. The molecule has 0 radical (unpaired) electrons. The maximum Gasteiger partial charge on any atom is 0.326 e. The molecule has 4 heterocycles. The SMILES string of the molecule is CC(CNc1cc(Nc2cc(Cl)ccc2F)nc2c(/C=C3/NC(=O)NC3=O)cnn12)N1CCOCC1. The number of carbonyl (C=O) groups is 2. The number of anilines is 3. The van der Waals surface area contributed by atoms with Crippen molar-refractivity contribution in [3.05, 3.63) is 52.6 Å². The number of halogens is 2. The number of nitrogens with one attached hydrogen (secondary N) is 4. The molecule has 3 amide bonds. The molecule has 2 aliphatic rings. The number of urea groups is 1. The summed E-state index contributed by atoms with van der Waals surface area (Å²) in [5.74, 6) is -0.0927. The highest BCUT2D eigenvalue weighted by Crippen LogP contribution is 2.26. The van der Waals surface area contributed by atoms with Crippen LogP contribution in [0.2, 0.25) is 5.02 Å². The predicted octanol–water partition coefficient (Wildman–Crippen LogP) is 2.58. The zero-order chi connectivity index (χ0) is 25.2. The number of imide groups is 1. The molecule has 1 unspecified atom stereocenters. The smallest absolute Gasteiger partial charge is 0.326 e. The molecule has 1 aromatic carbocycles. The van der Waals surface area contributed by atoms with Crippen molar-refractivity contribution >= 4 is 52.6 Å². The summed E-state index contributed by atoms with van der Waals surface area (Å²) < 4.78 is 21.4. The van der Waals surface area contributed by atoms with Gasteiger partial charge in [0, 0.05) is 42.3 Å². The molecule has 2 fully saturated rings. The highest BCUT2D eigenvalue weighted by atomic mass is 35.5. The van der Waals surface area contributed by atoms with Crippen LogP contribution >= 0.6 is 11.6 Å². The number of amides is 3. The van der Waals surface area contributed by atoms with Crippen LogP contribution in [-0.2, 0) is 9.53 Å². The lowest BCUT2D eigenvalue weighted by atomic mass is 10.2. The van der Waals surface area contributed by atoms with Gasteiger partial charge in [-0.15, -0.1) is 0 Å². The van der Waals surface area contributed by atoms with Gasteiger partial charge in [0.2, 0.25) is 0 Å². The van der Waals surface area contributed by atoms with Crippen LogP contribution in [0.4, 0.5) is 26.5 Å². The minimum atomic E-state index is -0.603. The fourth-order valence-corrected chi connectivity index (χ4v) is 4.21. The summed E-state index contributed by atoms with van der Waals surface area (Å²) >= 11 is 6.05. The molecule has 0 bridgehead atoms. The number of hydrogen-bond acceptors (Lipinski definition) is 8. The Morgan fingerprint density at radius 3 is 2.81 bits per heavy atom. The Hall–Kier alpha value is -3.74. The Morgan fingerprint density at radius 1 is 1.25 bits per heavy atom. The predicted molar refractivity (Wildman–Crippen MR) is 133 cm³/mol. The van der Waals surface area contributed by atoms with Gasteiger partial charge in [-0.2, -0.15) is 9.61 Å². The van der Waals surface area contributed by atoms with Crippen molar-refractivity contribution in [1.82, 2.24) is 30.1 Å². The lowest BCUT2D eigenvalue weighted by molar-refractivity contribution is -0.115. The number of rotatable bonds is 7. The largest absolute Gasteiger partial charge is 0.379 e. The Balaban J connectivity index is 1.49. The molecular weight excluding hydrogens is 491 g/mol. The Morgan fingerprint density at radius 2 is 2.06 bits per heavy atom. The van der Waals surface area contributed by atoms with Crippen molar-refractivity contribution < 1.29 is 18.7 Å². The summed E-state index contributed by atoms with van der Waals surface area (Å²) in [4.78, 5) is 30.4. The van der Waals surface area contributed by atoms with Gasteiger partial charge in [-0.05, 0) is 31.2 Å². The number of benzene rings is 1. The van der Waals surface area contributed by atoms with Crippen molar-refractivity contribution in [3.8, 4) is 0 Å². The lowest BCUT2D eigenvalue weighted by Gasteiger charge is -2.32. The maximum absolute atomic E-state index is 14.4. The summed E-state index contributed by atoms with van der Waals surface area (Å²) in [6.07, 6.45) is 3.02. The van der Waals surface area contributed by atoms with E-state index < -0.39 is 17.8 Å². The Kier molecular flexibility index (Phi) is 6.72. The molecule has 188 valence electrons. The number of aromatic nitrogens is 3. The van der Waals surface area contributed by atoms with E-state index in [1.54, 1.807) is 10.6 Å². The zero-order valence-corrected chi connectivity index (χ0v) is 20.1. The van der Waals surface area contributed by atoms with Gasteiger partial charge in [0.15, 0.2) is 5.65 Å². The van der Waals surface area contributed by atoms with Gasteiger partial charge < -0.3 is 20.7 Å². The number of ether oxygens (including phenoxy) is 1. The summed E-state index contributed by atoms with van der Waals surface area (Å²) in [5, 5.41) is 15.8. The molecule has 2 aliphatic heterocycles. The second kappa shape index (κ2) is 10.1. The van der Waals surface area contributed by atoms with Crippen LogP contribution in [-0.4, -0.2) is 70.3 Å². The van der Waals surface area contributed by atoms with Crippen LogP contribution < -0.4 is 21.3 Å². The van der Waals surface area contributed by atoms with E-state index >= 15 is 0 Å². The van der Waals surface area contributed by atoms with E-state index in [-0.39, 0.29) is 17.4 Å². The summed E-state index contributed by atoms with van der Waals surface area (Å²) in [6, 6.07) is 5.52. The molecule has 13 heteroatoms. The van der Waals surface area contributed by atoms with Crippen LogP contribution in [0.1, 0.15) is 12.5 Å². The standard InChI is InChI=1S/C23H24ClFN8O3/c1-13(32-4-6-36-7-5-32)11-26-20-10-19(28-17-9-15(24)2-3-16(17)25)30-21-14(12-27-33(20)21)8-18-22(34)31-23(35)29-18/h2-3,8-10,12-13,26H,4-7,11H2,1H3,(H,28,30)(H2,29,31,34,35)/b18-8+. The van der Waals surface area contributed by atoms with Gasteiger partial charge in [0.25, 0.3) is 5.91 Å². The lowest BCUT2D eigenvalue weighted by Crippen LogP contribution is -2.45. The van der Waals surface area contributed by atoms with E-state index in [0.29, 0.717) is 47.6 Å². The van der Waals surface area contributed by atoms with Gasteiger partial charge in [-0.25, -0.2) is 14.2 Å². The molecule has 1 atom stereocenters. The van der Waals surface area contributed by atoms with Crippen molar-refractivity contribution in [2.45, 2.75) is 13.0 Å². The highest BCUT2D eigenvalue weighted by molar-refractivity contribution is 6.30. The number of nitrogens with zero attached hydrogens (tertiary/aromatic N) is 4. The maximum atomic E-state index is 14.4. The molecule has 0 aliphatic carbocycles. The molecule has 0 spiro atoms. The van der Waals surface area contributed by atoms with Crippen LogP contribution in [0.15, 0.2) is 36.2 Å². The Labute approximate surface area is 210 Å². The first-order chi connectivity index (χ1) is 17.4. The fraction of sp³-hybridized carbons (Fsp3) is 0.304. The molecule has 2 saturated heterocycles. The van der Waals surface area contributed by atoms with Crippen LogP contribution in [0.25, 0.3) is 11.7 Å². The topological polar surface area (TPSA) is 125 Å². The third-order valence-corrected chi connectivity index (χ3v) is 6.19. The van der Waals surface area contributed by atoms with Crippen LogP contribution in [0.3, 0.4) is 0 Å². The van der Waals surface area contributed by atoms with Gasteiger partial charge in [-0.1, -0.05) is 11.6 Å². The summed E-state index contributed by atoms with van der Waals surface area (Å²) in [7, 11) is 0. The first kappa shape index (κ1) is 24.0. The number of hydrogen-bond donors (Lipinski definition) is 4. The second-order valence-corrected chi connectivity index (χ2v) is 8.89. The summed E-state index contributed by atoms with van der Waals surface area (Å²) in [5.41, 5.74) is 1.12. The molecule has 0 saturated carbocycles. The van der Waals surface area contributed by atoms with Crippen molar-refractivity contribution in [3.63, 3.8) is 0 Å². The third-order valence-electron chi connectivity index (χ3n) is 5.96. The normalized spacial score (nSPS) is 18.4. The first-order valence-corrected chi connectivity index (χ1v) is 11.8. The molecule has 4 N–H and O–H groups in total. The molecule has 3 aromatic rings. The van der Waals surface area contributed by atoms with E-state index in [2.05, 4.69) is 43.2 Å². The average Bonchev–Trinajstić information content (AvgIpc) is 3.42. The van der Waals surface area contributed by atoms with Crippen molar-refractivity contribution in [2.24, 2.45) is 0 Å². The fourth-order valence-electron chi connectivity index (χ4n) is 4.04. The van der Waals surface area contributed by atoms with Gasteiger partial charge in [0.1, 0.15) is 23.1 Å².